The van der Waals surface area contributed by atoms with Crippen LogP contribution in [0.15, 0.2) is 24.3 Å². The minimum absolute atomic E-state index is 0.102. The van der Waals surface area contributed by atoms with Crippen LogP contribution in [0.25, 0.3) is 0 Å². The maximum absolute atomic E-state index is 6.44. The van der Waals surface area contributed by atoms with Gasteiger partial charge in [0.05, 0.1) is 12.2 Å². The van der Waals surface area contributed by atoms with Crippen LogP contribution < -0.4 is 5.73 Å². The number of benzene rings is 1. The predicted molar refractivity (Wildman–Crippen MR) is 89.5 cm³/mol. The molecule has 4 atom stereocenters. The predicted octanol–water partition coefficient (Wildman–Crippen LogP) is 4.82. The van der Waals surface area contributed by atoms with E-state index < -0.39 is 0 Å². The molecule has 1 aliphatic carbocycles. The molecule has 1 saturated carbocycles. The molecule has 0 aliphatic heterocycles. The molecule has 0 spiro atoms. The van der Waals surface area contributed by atoms with Crippen LogP contribution in [0.2, 0.25) is 5.02 Å². The molecule has 0 bridgehead atoms. The summed E-state index contributed by atoms with van der Waals surface area (Å²) in [6.07, 6.45) is 3.88. The lowest BCUT2D eigenvalue weighted by Gasteiger charge is -2.39. The van der Waals surface area contributed by atoms with E-state index >= 15 is 0 Å². The fourth-order valence-corrected chi connectivity index (χ4v) is 3.73. The van der Waals surface area contributed by atoms with Crippen LogP contribution in [0.5, 0.6) is 0 Å². The quantitative estimate of drug-likeness (QED) is 0.846. The Hall–Kier alpha value is -0.570. The number of ether oxygens (including phenoxy) is 1. The summed E-state index contributed by atoms with van der Waals surface area (Å²) in [6.45, 7) is 7.38. The molecule has 1 aromatic carbocycles. The van der Waals surface area contributed by atoms with Crippen molar-refractivity contribution >= 4 is 11.6 Å². The van der Waals surface area contributed by atoms with Crippen LogP contribution in [0.3, 0.4) is 0 Å². The van der Waals surface area contributed by atoms with Gasteiger partial charge in [0.1, 0.15) is 0 Å². The van der Waals surface area contributed by atoms with Gasteiger partial charge in [-0.05, 0) is 36.7 Å². The summed E-state index contributed by atoms with van der Waals surface area (Å²) >= 11 is 6.31. The van der Waals surface area contributed by atoms with Crippen LogP contribution in [-0.2, 0) is 4.74 Å². The fraction of sp³-hybridized carbons (Fsp3) is 0.667. The maximum Gasteiger partial charge on any atom is 0.0965 e. The Bertz CT molecular complexity index is 449. The second-order valence-corrected chi connectivity index (χ2v) is 7.15. The van der Waals surface area contributed by atoms with Gasteiger partial charge < -0.3 is 10.5 Å². The molecule has 2 rings (SSSR count). The van der Waals surface area contributed by atoms with Gasteiger partial charge in [-0.1, -0.05) is 57.0 Å². The van der Waals surface area contributed by atoms with Gasteiger partial charge in [-0.3, -0.25) is 0 Å². The summed E-state index contributed by atoms with van der Waals surface area (Å²) in [5.41, 5.74) is 6.98. The first-order valence-electron chi connectivity index (χ1n) is 8.12. The topological polar surface area (TPSA) is 35.2 Å². The number of halogens is 1. The highest BCUT2D eigenvalue weighted by Crippen LogP contribution is 2.38. The zero-order valence-corrected chi connectivity index (χ0v) is 14.1. The molecular formula is C18H28ClNO. The summed E-state index contributed by atoms with van der Waals surface area (Å²) < 4.78 is 6.44. The van der Waals surface area contributed by atoms with Crippen LogP contribution in [-0.4, -0.2) is 12.6 Å². The van der Waals surface area contributed by atoms with E-state index in [1.165, 1.54) is 12.8 Å². The lowest BCUT2D eigenvalue weighted by molar-refractivity contribution is -0.0785. The monoisotopic (exact) mass is 309 g/mol. The molecule has 1 aliphatic rings. The van der Waals surface area contributed by atoms with Gasteiger partial charge in [0, 0.05) is 17.1 Å². The number of hydrogen-bond acceptors (Lipinski definition) is 2. The second kappa shape index (κ2) is 7.62. The van der Waals surface area contributed by atoms with E-state index in [1.54, 1.807) is 0 Å². The highest BCUT2D eigenvalue weighted by molar-refractivity contribution is 6.31. The Morgan fingerprint density at radius 2 is 2.00 bits per heavy atom. The Morgan fingerprint density at radius 3 is 2.62 bits per heavy atom. The summed E-state index contributed by atoms with van der Waals surface area (Å²) in [6, 6.07) is 7.87. The van der Waals surface area contributed by atoms with Crippen LogP contribution in [0.4, 0.5) is 0 Å². The normalized spacial score (nSPS) is 27.8. The van der Waals surface area contributed by atoms with Gasteiger partial charge in [-0.25, -0.2) is 0 Å². The SMILES string of the molecule is CC1CCC(C(C)C)C(OC(CN)c2ccccc2Cl)C1. The van der Waals surface area contributed by atoms with Crippen molar-refractivity contribution in [2.45, 2.75) is 52.2 Å². The highest BCUT2D eigenvalue weighted by Gasteiger charge is 2.33. The van der Waals surface area contributed by atoms with Crippen molar-refractivity contribution in [2.24, 2.45) is 23.5 Å². The fourth-order valence-electron chi connectivity index (χ4n) is 3.47. The van der Waals surface area contributed by atoms with Gasteiger partial charge in [0.15, 0.2) is 0 Å². The summed E-state index contributed by atoms with van der Waals surface area (Å²) in [4.78, 5) is 0. The number of hydrogen-bond donors (Lipinski definition) is 1. The van der Waals surface area contributed by atoms with Crippen LogP contribution >= 0.6 is 11.6 Å². The van der Waals surface area contributed by atoms with Crippen molar-refractivity contribution in [2.75, 3.05) is 6.54 Å². The molecule has 21 heavy (non-hydrogen) atoms. The molecule has 0 heterocycles. The average molecular weight is 310 g/mol. The Kier molecular flexibility index (Phi) is 6.09. The molecule has 0 saturated heterocycles. The van der Waals surface area contributed by atoms with Gasteiger partial charge in [0.2, 0.25) is 0 Å². The van der Waals surface area contributed by atoms with E-state index in [0.717, 1.165) is 22.9 Å². The van der Waals surface area contributed by atoms with Crippen molar-refractivity contribution in [3.05, 3.63) is 34.9 Å². The molecule has 0 aromatic heterocycles. The molecule has 2 nitrogen and oxygen atoms in total. The van der Waals surface area contributed by atoms with E-state index in [-0.39, 0.29) is 6.10 Å². The van der Waals surface area contributed by atoms with Crippen molar-refractivity contribution in [3.8, 4) is 0 Å². The van der Waals surface area contributed by atoms with Crippen molar-refractivity contribution < 1.29 is 4.74 Å². The highest BCUT2D eigenvalue weighted by atomic mass is 35.5. The molecule has 3 heteroatoms. The summed E-state index contributed by atoms with van der Waals surface area (Å²) in [7, 11) is 0. The van der Waals surface area contributed by atoms with Crippen molar-refractivity contribution in [1.82, 2.24) is 0 Å². The van der Waals surface area contributed by atoms with Gasteiger partial charge in [-0.2, -0.15) is 0 Å². The molecule has 1 fully saturated rings. The molecule has 118 valence electrons. The Morgan fingerprint density at radius 1 is 1.29 bits per heavy atom. The first-order chi connectivity index (χ1) is 10.0. The summed E-state index contributed by atoms with van der Waals surface area (Å²) in [5, 5.41) is 0.748. The lowest BCUT2D eigenvalue weighted by atomic mass is 9.75. The molecular weight excluding hydrogens is 282 g/mol. The van der Waals surface area contributed by atoms with Gasteiger partial charge in [-0.15, -0.1) is 0 Å². The van der Waals surface area contributed by atoms with Crippen LogP contribution in [0, 0.1) is 17.8 Å². The van der Waals surface area contributed by atoms with E-state index in [9.17, 15) is 0 Å². The van der Waals surface area contributed by atoms with Crippen molar-refractivity contribution in [3.63, 3.8) is 0 Å². The van der Waals surface area contributed by atoms with E-state index in [4.69, 9.17) is 22.1 Å². The first kappa shape index (κ1) is 16.8. The van der Waals surface area contributed by atoms with Gasteiger partial charge in [0.25, 0.3) is 0 Å². The van der Waals surface area contributed by atoms with E-state index in [2.05, 4.69) is 20.8 Å². The molecule has 4 unspecified atom stereocenters. The number of rotatable bonds is 5. The molecule has 0 radical (unpaired) electrons. The van der Waals surface area contributed by atoms with Gasteiger partial charge >= 0.3 is 0 Å². The van der Waals surface area contributed by atoms with E-state index in [1.807, 2.05) is 24.3 Å². The zero-order chi connectivity index (χ0) is 15.4. The lowest BCUT2D eigenvalue weighted by Crippen LogP contribution is -2.36. The largest absolute Gasteiger partial charge is 0.369 e. The van der Waals surface area contributed by atoms with Crippen LogP contribution in [0.1, 0.15) is 51.7 Å². The summed E-state index contributed by atoms with van der Waals surface area (Å²) in [5.74, 6) is 2.00. The molecule has 2 N–H and O–H groups in total. The third-order valence-electron chi connectivity index (χ3n) is 4.77. The molecule has 0 amide bonds. The minimum atomic E-state index is -0.102. The number of nitrogens with two attached hydrogens (primary N) is 1. The average Bonchev–Trinajstić information content (AvgIpc) is 2.45. The maximum atomic E-state index is 6.44. The minimum Gasteiger partial charge on any atom is -0.369 e. The first-order valence-corrected chi connectivity index (χ1v) is 8.50. The smallest absolute Gasteiger partial charge is 0.0965 e. The Balaban J connectivity index is 2.14. The second-order valence-electron chi connectivity index (χ2n) is 6.75. The van der Waals surface area contributed by atoms with Crippen molar-refractivity contribution in [1.29, 1.82) is 0 Å². The van der Waals surface area contributed by atoms with E-state index in [0.29, 0.717) is 24.5 Å². The third kappa shape index (κ3) is 4.21. The standard InChI is InChI=1S/C18H28ClNO/c1-12(2)14-9-8-13(3)10-17(14)21-18(11-20)15-6-4-5-7-16(15)19/h4-7,12-14,17-18H,8-11,20H2,1-3H3. The molecule has 1 aromatic rings. The third-order valence-corrected chi connectivity index (χ3v) is 5.11. The Labute approximate surface area is 134 Å². The zero-order valence-electron chi connectivity index (χ0n) is 13.4.